The summed E-state index contributed by atoms with van der Waals surface area (Å²) in [6.07, 6.45) is 2.32. The maximum Gasteiger partial charge on any atom is 0.0962 e. The largest absolute Gasteiger partial charge is 0.364 e. The molecule has 106 valence electrons. The van der Waals surface area contributed by atoms with Gasteiger partial charge in [0.2, 0.25) is 0 Å². The predicted octanol–water partition coefficient (Wildman–Crippen LogP) is 3.83. The molecule has 0 aliphatic carbocycles. The highest BCUT2D eigenvalue weighted by Crippen LogP contribution is 2.34. The van der Waals surface area contributed by atoms with Crippen LogP contribution in [0.3, 0.4) is 0 Å². The van der Waals surface area contributed by atoms with Crippen molar-refractivity contribution in [3.8, 4) is 0 Å². The molecule has 1 atom stereocenters. The van der Waals surface area contributed by atoms with Crippen LogP contribution in [0.4, 0.5) is 0 Å². The Hall–Kier alpha value is -0.860. The van der Waals surface area contributed by atoms with Crippen LogP contribution in [0, 0.1) is 20.8 Å². The molecule has 1 aliphatic heterocycles. The first kappa shape index (κ1) is 14.5. The number of morpholine rings is 1. The van der Waals surface area contributed by atoms with Gasteiger partial charge in [-0.1, -0.05) is 31.5 Å². The van der Waals surface area contributed by atoms with Crippen molar-refractivity contribution in [3.63, 3.8) is 0 Å². The van der Waals surface area contributed by atoms with Crippen LogP contribution in [0.25, 0.3) is 0 Å². The highest BCUT2D eigenvalue weighted by molar-refractivity contribution is 5.39. The zero-order valence-corrected chi connectivity index (χ0v) is 13.0. The summed E-state index contributed by atoms with van der Waals surface area (Å²) < 4.78 is 6.50. The van der Waals surface area contributed by atoms with Gasteiger partial charge in [-0.3, -0.25) is 0 Å². The average Bonchev–Trinajstić information content (AvgIpc) is 2.37. The fourth-order valence-electron chi connectivity index (χ4n) is 3.34. The summed E-state index contributed by atoms with van der Waals surface area (Å²) >= 11 is 0. The number of nitrogens with one attached hydrogen (secondary N) is 1. The second kappa shape index (κ2) is 5.64. The quantitative estimate of drug-likeness (QED) is 0.893. The van der Waals surface area contributed by atoms with Gasteiger partial charge in [0, 0.05) is 13.1 Å². The molecule has 1 aromatic rings. The third-order valence-electron chi connectivity index (χ3n) is 4.52. The summed E-state index contributed by atoms with van der Waals surface area (Å²) in [5, 5.41) is 3.57. The second-order valence-electron chi connectivity index (χ2n) is 5.94. The van der Waals surface area contributed by atoms with Gasteiger partial charge in [0.25, 0.3) is 0 Å². The van der Waals surface area contributed by atoms with E-state index >= 15 is 0 Å². The molecule has 2 rings (SSSR count). The minimum atomic E-state index is 0.00663. The number of ether oxygens (including phenoxy) is 1. The fraction of sp³-hybridized carbons (Fsp3) is 0.647. The standard InChI is InChI=1S/C17H27NO/c1-6-17(7-2)11-18-10-15(19-17)16-13(4)8-12(3)9-14(16)5/h8-9,15,18H,6-7,10-11H2,1-5H3. The summed E-state index contributed by atoms with van der Waals surface area (Å²) in [7, 11) is 0. The van der Waals surface area contributed by atoms with Gasteiger partial charge in [0.1, 0.15) is 0 Å². The lowest BCUT2D eigenvalue weighted by Gasteiger charge is -2.42. The van der Waals surface area contributed by atoms with E-state index in [9.17, 15) is 0 Å². The van der Waals surface area contributed by atoms with Crippen molar-refractivity contribution < 1.29 is 4.74 Å². The number of aryl methyl sites for hydroxylation is 3. The molecule has 1 aliphatic rings. The van der Waals surface area contributed by atoms with Crippen LogP contribution < -0.4 is 5.32 Å². The van der Waals surface area contributed by atoms with Gasteiger partial charge in [-0.15, -0.1) is 0 Å². The zero-order valence-electron chi connectivity index (χ0n) is 13.0. The summed E-state index contributed by atoms with van der Waals surface area (Å²) in [5.74, 6) is 0. The van der Waals surface area contributed by atoms with E-state index in [1.807, 2.05) is 0 Å². The van der Waals surface area contributed by atoms with E-state index in [0.717, 1.165) is 25.9 Å². The molecule has 1 unspecified atom stereocenters. The van der Waals surface area contributed by atoms with Gasteiger partial charge in [0.15, 0.2) is 0 Å². The third-order valence-corrected chi connectivity index (χ3v) is 4.52. The Morgan fingerprint density at radius 2 is 1.74 bits per heavy atom. The van der Waals surface area contributed by atoms with E-state index < -0.39 is 0 Å². The molecule has 1 heterocycles. The molecule has 1 aromatic carbocycles. The van der Waals surface area contributed by atoms with E-state index in [2.05, 4.69) is 52.1 Å². The highest BCUT2D eigenvalue weighted by Gasteiger charge is 2.35. The summed E-state index contributed by atoms with van der Waals surface area (Å²) in [6, 6.07) is 4.53. The number of benzene rings is 1. The Morgan fingerprint density at radius 3 is 2.26 bits per heavy atom. The van der Waals surface area contributed by atoms with Crippen molar-refractivity contribution in [2.75, 3.05) is 13.1 Å². The SMILES string of the molecule is CCC1(CC)CNCC(c2c(C)cc(C)cc2C)O1. The monoisotopic (exact) mass is 261 g/mol. The molecule has 0 aromatic heterocycles. The van der Waals surface area contributed by atoms with E-state index in [1.165, 1.54) is 22.3 Å². The van der Waals surface area contributed by atoms with Crippen LogP contribution in [0.1, 0.15) is 55.0 Å². The molecule has 1 N–H and O–H groups in total. The van der Waals surface area contributed by atoms with Crippen LogP contribution in [-0.4, -0.2) is 18.7 Å². The Kier molecular flexibility index (Phi) is 4.32. The van der Waals surface area contributed by atoms with Crippen LogP contribution >= 0.6 is 0 Å². The summed E-state index contributed by atoms with van der Waals surface area (Å²) in [6.45, 7) is 12.9. The van der Waals surface area contributed by atoms with Crippen molar-refractivity contribution in [2.45, 2.75) is 59.2 Å². The summed E-state index contributed by atoms with van der Waals surface area (Å²) in [4.78, 5) is 0. The Labute approximate surface area is 117 Å². The van der Waals surface area contributed by atoms with E-state index in [-0.39, 0.29) is 11.7 Å². The maximum absolute atomic E-state index is 6.50. The van der Waals surface area contributed by atoms with Crippen molar-refractivity contribution in [3.05, 3.63) is 34.4 Å². The number of hydrogen-bond donors (Lipinski definition) is 1. The Morgan fingerprint density at radius 1 is 1.16 bits per heavy atom. The minimum absolute atomic E-state index is 0.00663. The first-order valence-electron chi connectivity index (χ1n) is 7.47. The molecule has 2 nitrogen and oxygen atoms in total. The highest BCUT2D eigenvalue weighted by atomic mass is 16.5. The smallest absolute Gasteiger partial charge is 0.0962 e. The first-order valence-corrected chi connectivity index (χ1v) is 7.47. The summed E-state index contributed by atoms with van der Waals surface area (Å²) in [5.41, 5.74) is 5.43. The van der Waals surface area contributed by atoms with Crippen molar-refractivity contribution in [2.24, 2.45) is 0 Å². The molecule has 0 amide bonds. The van der Waals surface area contributed by atoms with Crippen LogP contribution in [-0.2, 0) is 4.74 Å². The average molecular weight is 261 g/mol. The molecule has 0 bridgehead atoms. The van der Waals surface area contributed by atoms with Crippen molar-refractivity contribution in [1.29, 1.82) is 0 Å². The molecule has 0 radical (unpaired) electrons. The predicted molar refractivity (Wildman–Crippen MR) is 80.7 cm³/mol. The van der Waals surface area contributed by atoms with Crippen LogP contribution in [0.5, 0.6) is 0 Å². The normalized spacial score (nSPS) is 22.5. The van der Waals surface area contributed by atoms with Gasteiger partial charge >= 0.3 is 0 Å². The van der Waals surface area contributed by atoms with Crippen LogP contribution in [0.2, 0.25) is 0 Å². The first-order chi connectivity index (χ1) is 9.01. The van der Waals surface area contributed by atoms with Crippen molar-refractivity contribution >= 4 is 0 Å². The molecule has 2 heteroatoms. The van der Waals surface area contributed by atoms with E-state index in [1.54, 1.807) is 0 Å². The minimum Gasteiger partial charge on any atom is -0.364 e. The zero-order chi connectivity index (χ0) is 14.0. The van der Waals surface area contributed by atoms with Crippen molar-refractivity contribution in [1.82, 2.24) is 5.32 Å². The molecule has 19 heavy (non-hydrogen) atoms. The lowest BCUT2D eigenvalue weighted by Crippen LogP contribution is -2.50. The second-order valence-corrected chi connectivity index (χ2v) is 5.94. The van der Waals surface area contributed by atoms with Gasteiger partial charge in [-0.05, 0) is 50.3 Å². The van der Waals surface area contributed by atoms with E-state index in [4.69, 9.17) is 4.74 Å². The Balaban J connectivity index is 2.32. The molecular weight excluding hydrogens is 234 g/mol. The number of hydrogen-bond acceptors (Lipinski definition) is 2. The Bertz CT molecular complexity index is 426. The number of rotatable bonds is 3. The van der Waals surface area contributed by atoms with Gasteiger partial charge in [-0.2, -0.15) is 0 Å². The van der Waals surface area contributed by atoms with Crippen LogP contribution in [0.15, 0.2) is 12.1 Å². The maximum atomic E-state index is 6.50. The van der Waals surface area contributed by atoms with Gasteiger partial charge < -0.3 is 10.1 Å². The molecule has 0 spiro atoms. The lowest BCUT2D eigenvalue weighted by atomic mass is 9.90. The fourth-order valence-corrected chi connectivity index (χ4v) is 3.34. The molecular formula is C17H27NO. The molecule has 1 saturated heterocycles. The lowest BCUT2D eigenvalue weighted by molar-refractivity contribution is -0.122. The van der Waals surface area contributed by atoms with E-state index in [0.29, 0.717) is 0 Å². The molecule has 1 fully saturated rings. The van der Waals surface area contributed by atoms with Gasteiger partial charge in [-0.25, -0.2) is 0 Å². The topological polar surface area (TPSA) is 21.3 Å². The third kappa shape index (κ3) is 2.85. The van der Waals surface area contributed by atoms with Gasteiger partial charge in [0.05, 0.1) is 11.7 Å². The molecule has 0 saturated carbocycles.